The van der Waals surface area contributed by atoms with E-state index in [1.807, 2.05) is 18.2 Å². The van der Waals surface area contributed by atoms with E-state index in [9.17, 15) is 0 Å². The molecule has 16 heavy (non-hydrogen) atoms. The van der Waals surface area contributed by atoms with E-state index >= 15 is 0 Å². The maximum atomic E-state index is 5.93. The third-order valence-corrected chi connectivity index (χ3v) is 3.03. The number of halogens is 2. The number of rotatable bonds is 5. The molecular weight excluding hydrogens is 286 g/mol. The van der Waals surface area contributed by atoms with Crippen LogP contribution in [-0.2, 0) is 0 Å². The van der Waals surface area contributed by atoms with Gasteiger partial charge in [0.25, 0.3) is 0 Å². The first-order chi connectivity index (χ1) is 7.59. The highest BCUT2D eigenvalue weighted by Crippen LogP contribution is 2.22. The zero-order chi connectivity index (χ0) is 12.0. The van der Waals surface area contributed by atoms with E-state index in [2.05, 4.69) is 47.2 Å². The monoisotopic (exact) mass is 301 g/mol. The van der Waals surface area contributed by atoms with Crippen molar-refractivity contribution >= 4 is 33.6 Å². The first-order valence-corrected chi connectivity index (χ1v) is 6.59. The van der Waals surface area contributed by atoms with Gasteiger partial charge in [0.05, 0.1) is 0 Å². The highest BCUT2D eigenvalue weighted by molar-refractivity contribution is 9.10. The minimum absolute atomic E-state index is 0.686. The van der Waals surface area contributed by atoms with Gasteiger partial charge in [-0.3, -0.25) is 0 Å². The molecule has 0 aromatic heterocycles. The molecule has 0 aliphatic heterocycles. The average molecular weight is 303 g/mol. The van der Waals surface area contributed by atoms with Gasteiger partial charge >= 0.3 is 0 Å². The molecule has 0 atom stereocenters. The van der Waals surface area contributed by atoms with Crippen LogP contribution in [0.25, 0.3) is 6.08 Å². The van der Waals surface area contributed by atoms with Gasteiger partial charge in [0.2, 0.25) is 0 Å². The van der Waals surface area contributed by atoms with Crippen molar-refractivity contribution in [2.24, 2.45) is 5.92 Å². The van der Waals surface area contributed by atoms with Gasteiger partial charge in [-0.15, -0.1) is 0 Å². The van der Waals surface area contributed by atoms with E-state index in [-0.39, 0.29) is 0 Å². The minimum atomic E-state index is 0.686. The second-order valence-corrected chi connectivity index (χ2v) is 5.41. The van der Waals surface area contributed by atoms with Crippen LogP contribution in [0.5, 0.6) is 0 Å². The van der Waals surface area contributed by atoms with Crippen LogP contribution in [0.3, 0.4) is 0 Å². The molecule has 0 unspecified atom stereocenters. The van der Waals surface area contributed by atoms with Crippen LogP contribution in [-0.4, -0.2) is 13.1 Å². The van der Waals surface area contributed by atoms with Crippen molar-refractivity contribution in [3.63, 3.8) is 0 Å². The van der Waals surface area contributed by atoms with Crippen LogP contribution >= 0.6 is 27.5 Å². The van der Waals surface area contributed by atoms with Gasteiger partial charge in [0.1, 0.15) is 0 Å². The third kappa shape index (κ3) is 5.15. The van der Waals surface area contributed by atoms with E-state index in [1.54, 1.807) is 0 Å². The zero-order valence-electron chi connectivity index (χ0n) is 9.63. The smallest absolute Gasteiger partial charge is 0.0412 e. The lowest BCUT2D eigenvalue weighted by Gasteiger charge is -2.04. The van der Waals surface area contributed by atoms with Crippen molar-refractivity contribution in [1.82, 2.24) is 5.32 Å². The van der Waals surface area contributed by atoms with Crippen molar-refractivity contribution in [1.29, 1.82) is 0 Å². The Balaban J connectivity index is 2.46. The van der Waals surface area contributed by atoms with Crippen molar-refractivity contribution in [2.75, 3.05) is 13.1 Å². The van der Waals surface area contributed by atoms with E-state index in [0.717, 1.165) is 28.1 Å². The lowest BCUT2D eigenvalue weighted by Crippen LogP contribution is -2.19. The summed E-state index contributed by atoms with van der Waals surface area (Å²) >= 11 is 9.42. The molecule has 1 rings (SSSR count). The molecule has 1 aromatic carbocycles. The van der Waals surface area contributed by atoms with Crippen LogP contribution in [0.15, 0.2) is 28.7 Å². The number of benzene rings is 1. The summed E-state index contributed by atoms with van der Waals surface area (Å²) in [4.78, 5) is 0. The van der Waals surface area contributed by atoms with Gasteiger partial charge in [0.15, 0.2) is 0 Å². The molecule has 0 amide bonds. The Labute approximate surface area is 111 Å². The zero-order valence-corrected chi connectivity index (χ0v) is 12.0. The topological polar surface area (TPSA) is 12.0 Å². The second-order valence-electron chi connectivity index (χ2n) is 4.12. The molecule has 0 saturated heterocycles. The molecule has 0 aliphatic carbocycles. The van der Waals surface area contributed by atoms with Crippen molar-refractivity contribution in [2.45, 2.75) is 13.8 Å². The molecule has 1 nitrogen and oxygen atoms in total. The number of hydrogen-bond acceptors (Lipinski definition) is 1. The molecule has 1 N–H and O–H groups in total. The Morgan fingerprint density at radius 2 is 2.19 bits per heavy atom. The Hall–Kier alpha value is -0.310. The van der Waals surface area contributed by atoms with E-state index in [0.29, 0.717) is 5.92 Å². The van der Waals surface area contributed by atoms with Crippen molar-refractivity contribution < 1.29 is 0 Å². The van der Waals surface area contributed by atoms with E-state index < -0.39 is 0 Å². The summed E-state index contributed by atoms with van der Waals surface area (Å²) < 4.78 is 1.07. The summed E-state index contributed by atoms with van der Waals surface area (Å²) in [6.45, 7) is 6.33. The van der Waals surface area contributed by atoms with Crippen molar-refractivity contribution in [3.8, 4) is 0 Å². The normalized spacial score (nSPS) is 11.6. The first kappa shape index (κ1) is 13.8. The molecule has 1 aromatic rings. The molecule has 0 saturated carbocycles. The molecule has 0 radical (unpaired) electrons. The second kappa shape index (κ2) is 7.10. The van der Waals surface area contributed by atoms with Gasteiger partial charge in [0, 0.05) is 16.0 Å². The molecular formula is C13H17BrClN. The van der Waals surface area contributed by atoms with Crippen LogP contribution in [0, 0.1) is 5.92 Å². The molecule has 0 aliphatic rings. The highest BCUT2D eigenvalue weighted by atomic mass is 79.9. The average Bonchev–Trinajstić information content (AvgIpc) is 2.22. The fraction of sp³-hybridized carbons (Fsp3) is 0.385. The Morgan fingerprint density at radius 1 is 1.44 bits per heavy atom. The molecule has 0 spiro atoms. The lowest BCUT2D eigenvalue weighted by atomic mass is 10.2. The summed E-state index contributed by atoms with van der Waals surface area (Å²) in [5.74, 6) is 0.686. The summed E-state index contributed by atoms with van der Waals surface area (Å²) in [6.07, 6.45) is 4.18. The van der Waals surface area contributed by atoms with Gasteiger partial charge in [-0.25, -0.2) is 0 Å². The molecule has 88 valence electrons. The predicted octanol–water partition coefficient (Wildman–Crippen LogP) is 4.36. The maximum absolute atomic E-state index is 5.93. The standard InChI is InChI=1S/C13H17BrClN/c1-10(2)9-16-7-3-4-11-8-12(15)5-6-13(11)14/h3-6,8,10,16H,7,9H2,1-2H3. The highest BCUT2D eigenvalue weighted by Gasteiger charge is 1.96. The predicted molar refractivity (Wildman–Crippen MR) is 75.9 cm³/mol. The maximum Gasteiger partial charge on any atom is 0.0412 e. The molecule has 3 heteroatoms. The Kier molecular flexibility index (Phi) is 6.10. The van der Waals surface area contributed by atoms with E-state index in [1.165, 1.54) is 0 Å². The number of hydrogen-bond donors (Lipinski definition) is 1. The van der Waals surface area contributed by atoms with Crippen LogP contribution < -0.4 is 5.32 Å². The molecule has 0 fully saturated rings. The number of nitrogens with one attached hydrogen (secondary N) is 1. The molecule has 0 bridgehead atoms. The van der Waals surface area contributed by atoms with Gasteiger partial charge in [-0.1, -0.05) is 53.5 Å². The quantitative estimate of drug-likeness (QED) is 0.797. The van der Waals surface area contributed by atoms with Crippen LogP contribution in [0.1, 0.15) is 19.4 Å². The van der Waals surface area contributed by atoms with Gasteiger partial charge < -0.3 is 5.32 Å². The Bertz CT molecular complexity index is 361. The lowest BCUT2D eigenvalue weighted by molar-refractivity contribution is 0.577. The van der Waals surface area contributed by atoms with E-state index in [4.69, 9.17) is 11.6 Å². The largest absolute Gasteiger partial charge is 0.313 e. The first-order valence-electron chi connectivity index (χ1n) is 5.42. The molecule has 0 heterocycles. The minimum Gasteiger partial charge on any atom is -0.313 e. The van der Waals surface area contributed by atoms with Gasteiger partial charge in [-0.05, 0) is 36.2 Å². The fourth-order valence-electron chi connectivity index (χ4n) is 1.28. The van der Waals surface area contributed by atoms with Crippen LogP contribution in [0.2, 0.25) is 5.02 Å². The van der Waals surface area contributed by atoms with Crippen molar-refractivity contribution in [3.05, 3.63) is 39.3 Å². The summed E-state index contributed by atoms with van der Waals surface area (Å²) in [7, 11) is 0. The summed E-state index contributed by atoms with van der Waals surface area (Å²) in [5, 5.41) is 4.12. The fourth-order valence-corrected chi connectivity index (χ4v) is 1.84. The van der Waals surface area contributed by atoms with Crippen LogP contribution in [0.4, 0.5) is 0 Å². The summed E-state index contributed by atoms with van der Waals surface area (Å²) in [5.41, 5.74) is 1.11. The van der Waals surface area contributed by atoms with Gasteiger partial charge in [-0.2, -0.15) is 0 Å². The third-order valence-electron chi connectivity index (χ3n) is 2.07. The Morgan fingerprint density at radius 3 is 2.88 bits per heavy atom. The SMILES string of the molecule is CC(C)CNCC=Cc1cc(Cl)ccc1Br. The summed E-state index contributed by atoms with van der Waals surface area (Å²) in [6, 6.07) is 5.79.